The zero-order valence-corrected chi connectivity index (χ0v) is 27.5. The van der Waals surface area contributed by atoms with Crippen LogP contribution in [0.15, 0.2) is 72.8 Å². The summed E-state index contributed by atoms with van der Waals surface area (Å²) in [5.74, 6) is -5.49. The summed E-state index contributed by atoms with van der Waals surface area (Å²) < 4.78 is 57.2. The first-order valence-electron chi connectivity index (χ1n) is 15.4. The van der Waals surface area contributed by atoms with Crippen LogP contribution in [0.5, 0.6) is 6.01 Å². The standard InChI is InChI=1S/C33H29ClF4N8O6/c34-20-9-7-19(8-10-20)32(14-15-32)46-30-43-29(44-31(45-30)52-17-33(36,37)38)40-21-11-5-18(6-12-21)25(47)42-24(28(50)51)13-16-39-26(48)27(49)41-23-4-2-1-3-22(23)35/h1-12,24H,13-17H2,(H,39,48)(H,41,49)(H,42,47)(H,50,51)(H2,40,43,44,45,46)/t24-/m0/s1. The number of hydrogen-bond acceptors (Lipinski definition) is 10. The van der Waals surface area contributed by atoms with Crippen molar-refractivity contribution in [2.75, 3.05) is 29.1 Å². The molecule has 1 saturated carbocycles. The van der Waals surface area contributed by atoms with Crippen molar-refractivity contribution in [2.45, 2.75) is 37.0 Å². The Bertz CT molecular complexity index is 1950. The number of carboxylic acid groups (broad SMARTS) is 1. The number of carbonyl (C=O) groups is 4. The molecule has 6 N–H and O–H groups in total. The van der Waals surface area contributed by atoms with E-state index in [9.17, 15) is 41.8 Å². The molecule has 0 radical (unpaired) electrons. The van der Waals surface area contributed by atoms with Gasteiger partial charge in [-0.25, -0.2) is 9.18 Å². The molecule has 0 unspecified atom stereocenters. The van der Waals surface area contributed by atoms with E-state index in [2.05, 4.69) is 41.5 Å². The molecule has 1 heterocycles. The van der Waals surface area contributed by atoms with Gasteiger partial charge < -0.3 is 36.4 Å². The number of alkyl halides is 3. The molecule has 19 heteroatoms. The molecule has 0 saturated heterocycles. The Hall–Kier alpha value is -6.04. The Balaban J connectivity index is 1.20. The minimum Gasteiger partial charge on any atom is -0.480 e. The fourth-order valence-corrected chi connectivity index (χ4v) is 4.88. The van der Waals surface area contributed by atoms with E-state index in [1.54, 1.807) is 12.1 Å². The highest BCUT2D eigenvalue weighted by molar-refractivity contribution is 6.39. The topological polar surface area (TPSA) is 197 Å². The molecule has 1 aliphatic rings. The third-order valence-corrected chi connectivity index (χ3v) is 7.78. The van der Waals surface area contributed by atoms with Gasteiger partial charge in [-0.3, -0.25) is 14.4 Å². The van der Waals surface area contributed by atoms with Gasteiger partial charge in [-0.2, -0.15) is 28.1 Å². The van der Waals surface area contributed by atoms with Gasteiger partial charge in [0.2, 0.25) is 11.9 Å². The summed E-state index contributed by atoms with van der Waals surface area (Å²) >= 11 is 6.01. The summed E-state index contributed by atoms with van der Waals surface area (Å²) in [4.78, 5) is 61.0. The second-order valence-corrected chi connectivity index (χ2v) is 11.9. The molecule has 3 aromatic carbocycles. The van der Waals surface area contributed by atoms with Crippen LogP contribution in [0, 0.1) is 5.82 Å². The van der Waals surface area contributed by atoms with E-state index in [0.29, 0.717) is 23.6 Å². The van der Waals surface area contributed by atoms with E-state index in [-0.39, 0.29) is 36.1 Å². The first-order chi connectivity index (χ1) is 24.7. The molecule has 0 aliphatic heterocycles. The van der Waals surface area contributed by atoms with Crippen molar-refractivity contribution in [1.82, 2.24) is 25.6 Å². The van der Waals surface area contributed by atoms with Crippen molar-refractivity contribution in [3.05, 3.63) is 94.8 Å². The Morgan fingerprint density at radius 1 is 0.904 bits per heavy atom. The first-order valence-corrected chi connectivity index (χ1v) is 15.8. The summed E-state index contributed by atoms with van der Waals surface area (Å²) in [5, 5.41) is 22.7. The second kappa shape index (κ2) is 15.9. The average Bonchev–Trinajstić information content (AvgIpc) is 3.88. The number of amides is 3. The number of anilines is 4. The van der Waals surface area contributed by atoms with Crippen LogP contribution >= 0.6 is 11.6 Å². The van der Waals surface area contributed by atoms with Gasteiger partial charge in [0.1, 0.15) is 11.9 Å². The minimum atomic E-state index is -4.65. The second-order valence-electron chi connectivity index (χ2n) is 11.4. The highest BCUT2D eigenvalue weighted by Gasteiger charge is 2.45. The summed E-state index contributed by atoms with van der Waals surface area (Å²) in [6, 6.07) is 15.7. The Kier molecular flexibility index (Phi) is 11.4. The SMILES string of the molecule is O=C(NCC[C@H](NC(=O)c1ccc(Nc2nc(NC3(c4ccc(Cl)cc4)CC3)nc(OCC(F)(F)F)n2)cc1)C(=O)O)C(=O)Nc1ccccc1F. The van der Waals surface area contributed by atoms with Gasteiger partial charge in [-0.15, -0.1) is 0 Å². The molecule has 4 aromatic rings. The number of aliphatic carboxylic acids is 1. The molecule has 1 fully saturated rings. The van der Waals surface area contributed by atoms with Crippen LogP contribution in [0.25, 0.3) is 0 Å². The number of hydrogen-bond donors (Lipinski definition) is 6. The Labute approximate surface area is 297 Å². The molecule has 5 rings (SSSR count). The zero-order chi connectivity index (χ0) is 37.5. The van der Waals surface area contributed by atoms with Crippen LogP contribution in [0.2, 0.25) is 5.02 Å². The lowest BCUT2D eigenvalue weighted by Crippen LogP contribution is -2.44. The number of rotatable bonds is 14. The van der Waals surface area contributed by atoms with Crippen LogP contribution < -0.4 is 31.3 Å². The van der Waals surface area contributed by atoms with E-state index in [1.165, 1.54) is 42.5 Å². The number of carboxylic acids is 1. The van der Waals surface area contributed by atoms with E-state index in [4.69, 9.17) is 16.3 Å². The summed E-state index contributed by atoms with van der Waals surface area (Å²) in [6.45, 7) is -1.96. The van der Waals surface area contributed by atoms with Crippen molar-refractivity contribution in [3.63, 3.8) is 0 Å². The van der Waals surface area contributed by atoms with Gasteiger partial charge in [-0.05, 0) is 73.4 Å². The maximum Gasteiger partial charge on any atom is 0.422 e. The first kappa shape index (κ1) is 37.2. The smallest absolute Gasteiger partial charge is 0.422 e. The van der Waals surface area contributed by atoms with E-state index in [0.717, 1.165) is 11.6 Å². The monoisotopic (exact) mass is 744 g/mol. The van der Waals surface area contributed by atoms with Gasteiger partial charge in [0.05, 0.1) is 11.2 Å². The van der Waals surface area contributed by atoms with Gasteiger partial charge in [-0.1, -0.05) is 35.9 Å². The maximum absolute atomic E-state index is 13.7. The van der Waals surface area contributed by atoms with Crippen LogP contribution in [-0.4, -0.2) is 69.1 Å². The number of nitrogens with zero attached hydrogens (tertiary/aromatic N) is 3. The number of para-hydroxylation sites is 1. The quantitative estimate of drug-likeness (QED) is 0.0768. The third kappa shape index (κ3) is 10.3. The van der Waals surface area contributed by atoms with Crippen molar-refractivity contribution in [1.29, 1.82) is 0 Å². The minimum absolute atomic E-state index is 0.0379. The molecule has 1 aromatic heterocycles. The molecule has 272 valence electrons. The number of nitrogens with one attached hydrogen (secondary N) is 5. The average molecular weight is 745 g/mol. The lowest BCUT2D eigenvalue weighted by atomic mass is 10.1. The molecule has 0 spiro atoms. The van der Waals surface area contributed by atoms with Crippen molar-refractivity contribution in [2.24, 2.45) is 0 Å². The maximum atomic E-state index is 13.7. The van der Waals surface area contributed by atoms with Gasteiger partial charge >= 0.3 is 30.0 Å². The molecule has 3 amide bonds. The molecule has 14 nitrogen and oxygen atoms in total. The van der Waals surface area contributed by atoms with Crippen LogP contribution in [0.1, 0.15) is 35.2 Å². The highest BCUT2D eigenvalue weighted by atomic mass is 35.5. The predicted molar refractivity (Wildman–Crippen MR) is 179 cm³/mol. The normalized spacial score (nSPS) is 13.6. The molecule has 52 heavy (non-hydrogen) atoms. The highest BCUT2D eigenvalue weighted by Crippen LogP contribution is 2.48. The lowest BCUT2D eigenvalue weighted by molar-refractivity contribution is -0.154. The fraction of sp³-hybridized carbons (Fsp3) is 0.242. The van der Waals surface area contributed by atoms with E-state index in [1.807, 2.05) is 12.1 Å². The predicted octanol–water partition coefficient (Wildman–Crippen LogP) is 4.78. The van der Waals surface area contributed by atoms with Crippen LogP contribution in [0.3, 0.4) is 0 Å². The Morgan fingerprint density at radius 3 is 2.21 bits per heavy atom. The number of benzene rings is 3. The lowest BCUT2D eigenvalue weighted by Gasteiger charge is -2.19. The number of carbonyl (C=O) groups excluding carboxylic acids is 3. The number of halogens is 5. The third-order valence-electron chi connectivity index (χ3n) is 7.53. The number of ether oxygens (including phenoxy) is 1. The van der Waals surface area contributed by atoms with Crippen molar-refractivity contribution < 1.29 is 46.6 Å². The summed E-state index contributed by atoms with van der Waals surface area (Å²) in [6.07, 6.45) is -3.57. The molecular formula is C33H29ClF4N8O6. The van der Waals surface area contributed by atoms with E-state index >= 15 is 0 Å². The molecule has 1 atom stereocenters. The van der Waals surface area contributed by atoms with Gasteiger partial charge in [0.25, 0.3) is 5.91 Å². The van der Waals surface area contributed by atoms with Crippen molar-refractivity contribution in [3.8, 4) is 6.01 Å². The molecule has 0 bridgehead atoms. The number of aromatic nitrogens is 3. The molecule has 1 aliphatic carbocycles. The van der Waals surface area contributed by atoms with Crippen LogP contribution in [-0.2, 0) is 19.9 Å². The van der Waals surface area contributed by atoms with Crippen LogP contribution in [0.4, 0.5) is 40.8 Å². The zero-order valence-electron chi connectivity index (χ0n) is 26.8. The van der Waals surface area contributed by atoms with Gasteiger partial charge in [0, 0.05) is 22.8 Å². The molecular weight excluding hydrogens is 716 g/mol. The largest absolute Gasteiger partial charge is 0.480 e. The van der Waals surface area contributed by atoms with Crippen molar-refractivity contribution >= 4 is 58.6 Å². The Morgan fingerprint density at radius 2 is 1.58 bits per heavy atom. The summed E-state index contributed by atoms with van der Waals surface area (Å²) in [7, 11) is 0. The fourth-order valence-electron chi connectivity index (χ4n) is 4.76. The van der Waals surface area contributed by atoms with E-state index < -0.39 is 59.9 Å². The summed E-state index contributed by atoms with van der Waals surface area (Å²) in [5.41, 5.74) is 0.427. The van der Waals surface area contributed by atoms with Gasteiger partial charge in [0.15, 0.2) is 6.61 Å².